The van der Waals surface area contributed by atoms with Crippen LogP contribution in [-0.2, 0) is 36.8 Å². The van der Waals surface area contributed by atoms with Gasteiger partial charge < -0.3 is 60.2 Å². The predicted octanol–water partition coefficient (Wildman–Crippen LogP) is -0.142. The molecule has 10 atom stereocenters. The van der Waals surface area contributed by atoms with Crippen molar-refractivity contribution in [3.63, 3.8) is 0 Å². The normalized spacial score (nSPS) is 23.5. The largest absolute Gasteiger partial charge is 0.483 e. The standard InChI is InChI=1S/C29H54B2FN6O16P3/c1-13(51-14(18(40)23(43)44)10-34-24(45)26(2,3)31(32)28(6,7)27(4,5)30-29(8,9)55)53-57(48,49)54-56(46,47)50-11-15-17(39)19(41)22(52-15)38-12-35-16-20(38)36-25(33)37-21(16)42/h12-15,17-19,22-23,30,39-41,43-44H,10-11,55H2,1-9H3,(H,34,45)(H,46,47)(H,48,49)(H3,33,36,37,42)/t13-,14?,15?,17?,18?,19?,22?/m1/s1. The van der Waals surface area contributed by atoms with E-state index in [1.54, 1.807) is 13.8 Å². The van der Waals surface area contributed by atoms with Crippen LogP contribution in [0, 0.1) is 0 Å². The zero-order valence-corrected chi connectivity index (χ0v) is 35.9. The third-order valence-electron chi connectivity index (χ3n) is 9.96. The number of phosphoric ester groups is 2. The van der Waals surface area contributed by atoms with E-state index in [0.29, 0.717) is 7.28 Å². The minimum atomic E-state index is -5.61. The average molecular weight is 876 g/mol. The second kappa shape index (κ2) is 18.0. The molecule has 1 aliphatic heterocycles. The number of rotatable bonds is 20. The second-order valence-electron chi connectivity index (χ2n) is 16.5. The number of nitrogens with one attached hydrogen (secondary N) is 2. The number of hydrogen-bond acceptors (Lipinski definition) is 17. The molecule has 0 saturated carbocycles. The molecule has 0 aromatic carbocycles. The summed E-state index contributed by atoms with van der Waals surface area (Å²) >= 11 is 0. The smallest absolute Gasteiger partial charge is 0.387 e. The van der Waals surface area contributed by atoms with Crippen LogP contribution in [0.1, 0.15) is 68.5 Å². The maximum atomic E-state index is 16.3. The van der Waals surface area contributed by atoms with Gasteiger partial charge in [-0.25, -0.2) is 14.1 Å². The van der Waals surface area contributed by atoms with Crippen molar-refractivity contribution in [3.05, 3.63) is 16.7 Å². The van der Waals surface area contributed by atoms with Crippen molar-refractivity contribution in [2.75, 3.05) is 18.9 Å². The van der Waals surface area contributed by atoms with Crippen molar-refractivity contribution >= 4 is 62.2 Å². The van der Waals surface area contributed by atoms with E-state index in [2.05, 4.69) is 33.8 Å². The molecule has 1 saturated heterocycles. The Morgan fingerprint density at radius 2 is 1.74 bits per heavy atom. The van der Waals surface area contributed by atoms with Gasteiger partial charge in [-0.05, 0) is 17.3 Å². The van der Waals surface area contributed by atoms with Crippen LogP contribution in [0.5, 0.6) is 0 Å². The van der Waals surface area contributed by atoms with Crippen molar-refractivity contribution in [3.8, 4) is 0 Å². The van der Waals surface area contributed by atoms with Crippen LogP contribution in [0.3, 0.4) is 0 Å². The number of carbonyl (C=O) groups is 1. The molecule has 2 aromatic heterocycles. The predicted molar refractivity (Wildman–Crippen MR) is 208 cm³/mol. The maximum Gasteiger partial charge on any atom is 0.483 e. The van der Waals surface area contributed by atoms with Gasteiger partial charge >= 0.3 is 22.6 Å². The number of aliphatic hydroxyl groups is 5. The summed E-state index contributed by atoms with van der Waals surface area (Å²) in [5.41, 5.74) is 4.56. The van der Waals surface area contributed by atoms with E-state index in [1.165, 1.54) is 13.8 Å². The number of aliphatic hydroxyl groups excluding tert-OH is 4. The van der Waals surface area contributed by atoms with Crippen LogP contribution in [0.4, 0.5) is 10.3 Å². The minimum absolute atomic E-state index is 0.127. The fourth-order valence-corrected chi connectivity index (χ4v) is 9.27. The number of amides is 1. The van der Waals surface area contributed by atoms with E-state index in [1.807, 2.05) is 27.7 Å². The minimum Gasteiger partial charge on any atom is -0.387 e. The molecule has 57 heavy (non-hydrogen) atoms. The number of hydrogen-bond donors (Lipinski definition) is 10. The lowest BCUT2D eigenvalue weighted by molar-refractivity contribution is -0.203. The van der Waals surface area contributed by atoms with Crippen LogP contribution in [0.15, 0.2) is 11.1 Å². The molecular formula is C29H54B2FN6O16P3. The molecule has 324 valence electrons. The van der Waals surface area contributed by atoms with Crippen molar-refractivity contribution in [1.82, 2.24) is 24.8 Å². The highest BCUT2D eigenvalue weighted by Gasteiger charge is 2.57. The van der Waals surface area contributed by atoms with Gasteiger partial charge in [0.05, 0.1) is 18.2 Å². The molecule has 11 N–H and O–H groups in total. The molecule has 2 aromatic rings. The average Bonchev–Trinajstić information content (AvgIpc) is 3.58. The van der Waals surface area contributed by atoms with E-state index < -0.39 is 113 Å². The van der Waals surface area contributed by atoms with Crippen LogP contribution in [0.25, 0.3) is 11.2 Å². The van der Waals surface area contributed by atoms with Gasteiger partial charge in [-0.2, -0.15) is 9.29 Å². The Bertz CT molecular complexity index is 1880. The number of nitrogens with two attached hydrogens (primary N) is 1. The van der Waals surface area contributed by atoms with Gasteiger partial charge in [-0.15, -0.1) is 9.24 Å². The molecule has 3 heterocycles. The van der Waals surface area contributed by atoms with Crippen molar-refractivity contribution in [1.29, 1.82) is 0 Å². The molecule has 1 fully saturated rings. The van der Waals surface area contributed by atoms with Crippen molar-refractivity contribution < 1.29 is 76.4 Å². The van der Waals surface area contributed by atoms with Gasteiger partial charge in [0.15, 0.2) is 30.0 Å². The summed E-state index contributed by atoms with van der Waals surface area (Å²) in [6.45, 7) is 11.5. The molecule has 1 aliphatic rings. The highest BCUT2D eigenvalue weighted by molar-refractivity contribution is 7.61. The third kappa shape index (κ3) is 12.1. The van der Waals surface area contributed by atoms with E-state index in [9.17, 15) is 54.0 Å². The Labute approximate surface area is 331 Å². The van der Waals surface area contributed by atoms with E-state index >= 15 is 4.32 Å². The zero-order valence-electron chi connectivity index (χ0n) is 33.0. The summed E-state index contributed by atoms with van der Waals surface area (Å²) in [5, 5.41) is 49.6. The number of carbonyl (C=O) groups excluding carboxylic acids is 1. The highest BCUT2D eigenvalue weighted by atomic mass is 31.3. The topological polar surface area (TPSA) is 341 Å². The second-order valence-corrected chi connectivity index (χ2v) is 21.0. The number of H-pyrrole nitrogens is 1. The van der Waals surface area contributed by atoms with E-state index in [0.717, 1.165) is 17.8 Å². The molecule has 0 aliphatic carbocycles. The fraction of sp³-hybridized carbons (Fsp3) is 0.793. The van der Waals surface area contributed by atoms with Gasteiger partial charge in [0.2, 0.25) is 11.9 Å². The van der Waals surface area contributed by atoms with Gasteiger partial charge in [-0.1, -0.05) is 60.7 Å². The van der Waals surface area contributed by atoms with Gasteiger partial charge in [0.1, 0.15) is 37.8 Å². The summed E-state index contributed by atoms with van der Waals surface area (Å²) in [4.78, 5) is 56.0. The van der Waals surface area contributed by atoms with Crippen LogP contribution in [0.2, 0.25) is 15.9 Å². The SMILES string of the molecule is C[C@H](OC(CNC(=O)C(C)(C)B(F)C(C)(C)C(C)(C)BC(C)(C)P)C(O)C(O)O)OP(=O)(O)OP(=O)(O)OCC1OC(n2cnc3c(=O)[nH]c(N)nc32)C(O)C1O. The first-order valence-electron chi connectivity index (χ1n) is 17.6. The van der Waals surface area contributed by atoms with E-state index in [4.69, 9.17) is 24.3 Å². The molecule has 1 amide bonds. The Kier molecular flexibility index (Phi) is 15.6. The third-order valence-corrected chi connectivity index (χ3v) is 12.9. The number of aromatic amines is 1. The Balaban J connectivity index is 1.63. The van der Waals surface area contributed by atoms with Gasteiger partial charge in [0.25, 0.3) is 5.56 Å². The first-order chi connectivity index (χ1) is 25.7. The first-order valence-corrected chi connectivity index (χ1v) is 21.1. The number of nitrogen functional groups attached to an aromatic ring is 1. The van der Waals surface area contributed by atoms with Crippen LogP contribution in [-0.4, -0.2) is 136 Å². The lowest BCUT2D eigenvalue weighted by Crippen LogP contribution is -2.53. The summed E-state index contributed by atoms with van der Waals surface area (Å²) in [6, 6.07) is 0. The zero-order chi connectivity index (χ0) is 43.9. The molecule has 28 heteroatoms. The van der Waals surface area contributed by atoms with Crippen LogP contribution >= 0.6 is 24.9 Å². The summed E-state index contributed by atoms with van der Waals surface area (Å²) in [6.07, 6.45) is -13.8. The first kappa shape index (κ1) is 49.5. The Hall–Kier alpha value is -1.91. The quantitative estimate of drug-likeness (QED) is 0.0470. The molecule has 0 radical (unpaired) electrons. The number of halogens is 1. The Morgan fingerprint density at radius 3 is 2.30 bits per heavy atom. The number of anilines is 1. The fourth-order valence-electron chi connectivity index (χ4n) is 6.61. The van der Waals surface area contributed by atoms with Gasteiger partial charge in [0, 0.05) is 6.54 Å². The number of aromatic nitrogens is 4. The molecule has 0 bridgehead atoms. The molecule has 0 spiro atoms. The number of nitrogens with zero attached hydrogens (tertiary/aromatic N) is 3. The molecule has 22 nitrogen and oxygen atoms in total. The van der Waals surface area contributed by atoms with Crippen molar-refractivity contribution in [2.24, 2.45) is 0 Å². The lowest BCUT2D eigenvalue weighted by Gasteiger charge is -2.48. The van der Waals surface area contributed by atoms with Crippen molar-refractivity contribution in [2.45, 2.75) is 133 Å². The lowest BCUT2D eigenvalue weighted by atomic mass is 9.24. The monoisotopic (exact) mass is 876 g/mol. The number of fused-ring (bicyclic) bond motifs is 1. The van der Waals surface area contributed by atoms with E-state index in [-0.39, 0.29) is 22.2 Å². The number of phosphoric acid groups is 2. The summed E-state index contributed by atoms with van der Waals surface area (Å²) < 4.78 is 67.4. The highest BCUT2D eigenvalue weighted by Crippen LogP contribution is 2.61. The van der Waals surface area contributed by atoms with Gasteiger partial charge in [-0.3, -0.25) is 28.2 Å². The maximum absolute atomic E-state index is 16.3. The summed E-state index contributed by atoms with van der Waals surface area (Å²) in [5.74, 6) is -1.13. The molecule has 9 unspecified atom stereocenters. The van der Waals surface area contributed by atoms with Crippen LogP contribution < -0.4 is 16.6 Å². The number of ether oxygens (including phenoxy) is 2. The number of imidazole rings is 1. The Morgan fingerprint density at radius 1 is 1.14 bits per heavy atom. The molecule has 3 rings (SSSR count). The summed E-state index contributed by atoms with van der Waals surface area (Å²) in [7, 11) is -7.84. The molecular weight excluding hydrogens is 822 g/mol.